The first-order chi connectivity index (χ1) is 17.0. The summed E-state index contributed by atoms with van der Waals surface area (Å²) in [5.74, 6) is 1.62. The van der Waals surface area contributed by atoms with Crippen molar-refractivity contribution >= 4 is 27.5 Å². The SMILES string of the molecule is Cc1cc(C#N)cc(C)c1Oc1nc(NC2CCN(Cc3ccccc3F)CC2)nc2ccsc12. The number of nitriles is 1. The van der Waals surface area contributed by atoms with E-state index in [-0.39, 0.29) is 11.9 Å². The Bertz CT molecular complexity index is 1380. The van der Waals surface area contributed by atoms with Gasteiger partial charge in [-0.25, -0.2) is 9.37 Å². The number of hydrogen-bond donors (Lipinski definition) is 1. The van der Waals surface area contributed by atoms with E-state index >= 15 is 0 Å². The zero-order valence-corrected chi connectivity index (χ0v) is 20.5. The maximum absolute atomic E-state index is 14.0. The summed E-state index contributed by atoms with van der Waals surface area (Å²) in [5.41, 5.74) is 3.96. The van der Waals surface area contributed by atoms with E-state index in [1.807, 2.05) is 49.6 Å². The molecule has 8 heteroatoms. The van der Waals surface area contributed by atoms with Crippen molar-refractivity contribution in [2.24, 2.45) is 0 Å². The van der Waals surface area contributed by atoms with E-state index in [9.17, 15) is 9.65 Å². The Labute approximate surface area is 208 Å². The van der Waals surface area contributed by atoms with Crippen LogP contribution in [0.3, 0.4) is 0 Å². The van der Waals surface area contributed by atoms with Crippen molar-refractivity contribution in [2.45, 2.75) is 39.3 Å². The highest BCUT2D eigenvalue weighted by Gasteiger charge is 2.22. The first kappa shape index (κ1) is 23.2. The fraction of sp³-hybridized carbons (Fsp3) is 0.296. The smallest absolute Gasteiger partial charge is 0.242 e. The summed E-state index contributed by atoms with van der Waals surface area (Å²) in [7, 11) is 0. The number of rotatable bonds is 6. The molecule has 0 unspecified atom stereocenters. The quantitative estimate of drug-likeness (QED) is 0.350. The highest BCUT2D eigenvalue weighted by Crippen LogP contribution is 2.35. The van der Waals surface area contributed by atoms with Crippen molar-refractivity contribution in [2.75, 3.05) is 18.4 Å². The minimum absolute atomic E-state index is 0.148. The summed E-state index contributed by atoms with van der Waals surface area (Å²) in [4.78, 5) is 11.7. The van der Waals surface area contributed by atoms with E-state index in [2.05, 4.69) is 16.3 Å². The number of halogens is 1. The van der Waals surface area contributed by atoms with E-state index in [1.165, 1.54) is 6.07 Å². The van der Waals surface area contributed by atoms with Gasteiger partial charge in [0.15, 0.2) is 0 Å². The molecule has 178 valence electrons. The van der Waals surface area contributed by atoms with Gasteiger partial charge >= 0.3 is 0 Å². The second kappa shape index (κ2) is 9.98. The molecule has 0 aliphatic carbocycles. The first-order valence-corrected chi connectivity index (χ1v) is 12.5. The number of anilines is 1. The van der Waals surface area contributed by atoms with Crippen LogP contribution in [0, 0.1) is 31.0 Å². The van der Waals surface area contributed by atoms with Crippen molar-refractivity contribution in [1.82, 2.24) is 14.9 Å². The van der Waals surface area contributed by atoms with E-state index in [4.69, 9.17) is 14.7 Å². The van der Waals surface area contributed by atoms with Gasteiger partial charge in [0.1, 0.15) is 16.3 Å². The summed E-state index contributed by atoms with van der Waals surface area (Å²) in [6.07, 6.45) is 1.84. The van der Waals surface area contributed by atoms with Crippen LogP contribution in [0.15, 0.2) is 47.8 Å². The maximum atomic E-state index is 14.0. The lowest BCUT2D eigenvalue weighted by molar-refractivity contribution is 0.208. The van der Waals surface area contributed by atoms with E-state index < -0.39 is 0 Å². The van der Waals surface area contributed by atoms with Crippen LogP contribution in [0.2, 0.25) is 0 Å². The molecule has 4 aromatic rings. The maximum Gasteiger partial charge on any atom is 0.242 e. The minimum Gasteiger partial charge on any atom is -0.437 e. The standard InChI is InChI=1S/C27H26FN5OS/c1-17-13-19(15-29)14-18(2)24(17)34-26-25-23(9-12-35-25)31-27(32-26)30-21-7-10-33(11-8-21)16-20-5-3-4-6-22(20)28/h3-6,9,12-14,21H,7-8,10-11,16H2,1-2H3,(H,30,31,32). The zero-order chi connectivity index (χ0) is 24.4. The van der Waals surface area contributed by atoms with Gasteiger partial charge in [0.05, 0.1) is 17.1 Å². The average molecular weight is 488 g/mol. The Morgan fingerprint density at radius 1 is 1.14 bits per heavy atom. The van der Waals surface area contributed by atoms with Crippen LogP contribution in [-0.4, -0.2) is 34.0 Å². The van der Waals surface area contributed by atoms with Crippen LogP contribution < -0.4 is 10.1 Å². The molecule has 0 atom stereocenters. The Hall–Kier alpha value is -3.54. The second-order valence-electron chi connectivity index (χ2n) is 8.93. The number of piperidine rings is 1. The summed E-state index contributed by atoms with van der Waals surface area (Å²) in [5, 5.41) is 14.7. The number of aryl methyl sites for hydroxylation is 2. The topological polar surface area (TPSA) is 74.1 Å². The van der Waals surface area contributed by atoms with Crippen LogP contribution in [0.5, 0.6) is 11.6 Å². The molecule has 2 aromatic heterocycles. The third kappa shape index (κ3) is 5.11. The highest BCUT2D eigenvalue weighted by molar-refractivity contribution is 7.17. The summed E-state index contributed by atoms with van der Waals surface area (Å²) >= 11 is 1.54. The molecule has 0 amide bonds. The molecule has 1 aliphatic rings. The number of thiophene rings is 1. The Morgan fingerprint density at radius 3 is 2.60 bits per heavy atom. The molecule has 2 aromatic carbocycles. The fourth-order valence-corrected chi connectivity index (χ4v) is 5.28. The molecule has 3 heterocycles. The second-order valence-corrected chi connectivity index (χ2v) is 9.84. The molecule has 5 rings (SSSR count). The first-order valence-electron chi connectivity index (χ1n) is 11.7. The van der Waals surface area contributed by atoms with Crippen LogP contribution in [0.4, 0.5) is 10.3 Å². The van der Waals surface area contributed by atoms with Crippen LogP contribution in [0.25, 0.3) is 10.2 Å². The lowest BCUT2D eigenvalue weighted by Gasteiger charge is -2.32. The normalized spacial score (nSPS) is 14.7. The molecule has 1 saturated heterocycles. The molecule has 1 fully saturated rings. The van der Waals surface area contributed by atoms with Crippen LogP contribution in [0.1, 0.15) is 35.1 Å². The van der Waals surface area contributed by atoms with Gasteiger partial charge in [-0.3, -0.25) is 4.90 Å². The number of hydrogen-bond acceptors (Lipinski definition) is 7. The third-order valence-electron chi connectivity index (χ3n) is 6.33. The average Bonchev–Trinajstić information content (AvgIpc) is 3.33. The number of ether oxygens (including phenoxy) is 1. The third-order valence-corrected chi connectivity index (χ3v) is 7.22. The molecule has 1 aliphatic heterocycles. The lowest BCUT2D eigenvalue weighted by Crippen LogP contribution is -2.39. The van der Waals surface area contributed by atoms with Gasteiger partial charge < -0.3 is 10.1 Å². The van der Waals surface area contributed by atoms with Gasteiger partial charge in [-0.05, 0) is 67.5 Å². The molecule has 0 bridgehead atoms. The van der Waals surface area contributed by atoms with Crippen molar-refractivity contribution in [1.29, 1.82) is 5.26 Å². The molecule has 1 N–H and O–H groups in total. The van der Waals surface area contributed by atoms with Gasteiger partial charge in [-0.2, -0.15) is 10.2 Å². The number of fused-ring (bicyclic) bond motifs is 1. The number of likely N-dealkylation sites (tertiary alicyclic amines) is 1. The van der Waals surface area contributed by atoms with Crippen molar-refractivity contribution in [3.63, 3.8) is 0 Å². The number of nitrogens with zero attached hydrogens (tertiary/aromatic N) is 4. The van der Waals surface area contributed by atoms with E-state index in [0.717, 1.165) is 52.8 Å². The summed E-state index contributed by atoms with van der Waals surface area (Å²) in [6, 6.07) is 15.0. The van der Waals surface area contributed by atoms with Crippen molar-refractivity contribution < 1.29 is 9.13 Å². The number of benzene rings is 2. The van der Waals surface area contributed by atoms with Crippen LogP contribution >= 0.6 is 11.3 Å². The summed E-state index contributed by atoms with van der Waals surface area (Å²) in [6.45, 7) is 6.24. The van der Waals surface area contributed by atoms with E-state index in [1.54, 1.807) is 17.4 Å². The van der Waals surface area contributed by atoms with Gasteiger partial charge in [-0.1, -0.05) is 18.2 Å². The van der Waals surface area contributed by atoms with Crippen LogP contribution in [-0.2, 0) is 6.54 Å². The molecule has 0 radical (unpaired) electrons. The molecule has 0 saturated carbocycles. The molecule has 0 spiro atoms. The Kier molecular flexibility index (Phi) is 6.62. The predicted molar refractivity (Wildman–Crippen MR) is 136 cm³/mol. The predicted octanol–water partition coefficient (Wildman–Crippen LogP) is 6.19. The highest BCUT2D eigenvalue weighted by atomic mass is 32.1. The minimum atomic E-state index is -0.148. The Morgan fingerprint density at radius 2 is 1.89 bits per heavy atom. The van der Waals surface area contributed by atoms with Gasteiger partial charge in [0.25, 0.3) is 0 Å². The van der Waals surface area contributed by atoms with Gasteiger partial charge in [0.2, 0.25) is 11.8 Å². The van der Waals surface area contributed by atoms with Gasteiger partial charge in [-0.15, -0.1) is 11.3 Å². The fourth-order valence-electron chi connectivity index (χ4n) is 4.53. The summed E-state index contributed by atoms with van der Waals surface area (Å²) < 4.78 is 21.2. The lowest BCUT2D eigenvalue weighted by atomic mass is 10.0. The van der Waals surface area contributed by atoms with Crippen molar-refractivity contribution in [3.8, 4) is 17.7 Å². The number of aromatic nitrogens is 2. The van der Waals surface area contributed by atoms with E-state index in [0.29, 0.717) is 29.7 Å². The number of nitrogens with one attached hydrogen (secondary N) is 1. The zero-order valence-electron chi connectivity index (χ0n) is 19.7. The molecular formula is C27H26FN5OS. The molecule has 35 heavy (non-hydrogen) atoms. The molecular weight excluding hydrogens is 461 g/mol. The van der Waals surface area contributed by atoms with Gasteiger partial charge in [0, 0.05) is 31.2 Å². The monoisotopic (exact) mass is 487 g/mol. The molecule has 6 nitrogen and oxygen atoms in total. The Balaban J connectivity index is 1.30. The largest absolute Gasteiger partial charge is 0.437 e. The van der Waals surface area contributed by atoms with Crippen molar-refractivity contribution in [3.05, 3.63) is 75.9 Å².